The van der Waals surface area contributed by atoms with E-state index in [1.165, 1.54) is 0 Å². The Hall–Kier alpha value is -1.38. The van der Waals surface area contributed by atoms with Crippen LogP contribution in [0.3, 0.4) is 0 Å². The Morgan fingerprint density at radius 2 is 2.43 bits per heavy atom. The number of amides is 1. The van der Waals surface area contributed by atoms with Crippen LogP contribution in [0.2, 0.25) is 0 Å². The maximum Gasteiger partial charge on any atom is 0.219 e. The molecule has 0 unspecified atom stereocenters. The first-order valence-electron chi connectivity index (χ1n) is 4.93. The molecule has 0 saturated heterocycles. The summed E-state index contributed by atoms with van der Waals surface area (Å²) in [5.74, 6) is 0.163. The molecule has 0 aromatic carbocycles. The highest BCUT2D eigenvalue weighted by Gasteiger charge is 2.30. The van der Waals surface area contributed by atoms with Gasteiger partial charge in [-0.05, 0) is 24.5 Å². The van der Waals surface area contributed by atoms with Crippen molar-refractivity contribution in [2.45, 2.75) is 32.4 Å². The molecule has 14 heavy (non-hydrogen) atoms. The summed E-state index contributed by atoms with van der Waals surface area (Å²) in [6.45, 7) is 2.34. The largest absolute Gasteiger partial charge is 0.336 e. The molecular weight excluding hydrogens is 176 g/mol. The molecular formula is C11H14N2O. The van der Waals surface area contributed by atoms with Crippen LogP contribution in [0.25, 0.3) is 0 Å². The van der Waals surface area contributed by atoms with Crippen molar-refractivity contribution in [2.24, 2.45) is 0 Å². The van der Waals surface area contributed by atoms with Crippen LogP contribution in [-0.2, 0) is 11.3 Å². The highest BCUT2D eigenvalue weighted by Crippen LogP contribution is 2.28. The van der Waals surface area contributed by atoms with Crippen LogP contribution in [0, 0.1) is 0 Å². The number of carbonyl (C=O) groups excluding carboxylic acids is 1. The SMILES string of the molecule is CC(=O)N(Cc1cccnc1)C1CC1. The minimum atomic E-state index is 0.163. The van der Waals surface area contributed by atoms with Crippen molar-refractivity contribution < 1.29 is 4.79 Å². The lowest BCUT2D eigenvalue weighted by Gasteiger charge is -2.20. The van der Waals surface area contributed by atoms with Crippen LogP contribution >= 0.6 is 0 Å². The zero-order valence-electron chi connectivity index (χ0n) is 8.31. The Morgan fingerprint density at radius 3 is 2.93 bits per heavy atom. The number of hydrogen-bond acceptors (Lipinski definition) is 2. The minimum absolute atomic E-state index is 0.163. The lowest BCUT2D eigenvalue weighted by molar-refractivity contribution is -0.130. The first kappa shape index (κ1) is 9.19. The Kier molecular flexibility index (Phi) is 2.48. The number of rotatable bonds is 3. The lowest BCUT2D eigenvalue weighted by Crippen LogP contribution is -2.30. The molecule has 1 saturated carbocycles. The monoisotopic (exact) mass is 190 g/mol. The van der Waals surface area contributed by atoms with Crippen molar-refractivity contribution in [1.82, 2.24) is 9.88 Å². The molecule has 0 atom stereocenters. The Balaban J connectivity index is 2.04. The summed E-state index contributed by atoms with van der Waals surface area (Å²) < 4.78 is 0. The molecule has 0 radical (unpaired) electrons. The average Bonchev–Trinajstić information content (AvgIpc) is 2.99. The first-order chi connectivity index (χ1) is 6.77. The van der Waals surface area contributed by atoms with E-state index in [1.807, 2.05) is 23.2 Å². The maximum absolute atomic E-state index is 11.3. The summed E-state index contributed by atoms with van der Waals surface area (Å²) in [7, 11) is 0. The fourth-order valence-corrected chi connectivity index (χ4v) is 1.57. The summed E-state index contributed by atoms with van der Waals surface area (Å²) in [5, 5.41) is 0. The van der Waals surface area contributed by atoms with E-state index in [4.69, 9.17) is 0 Å². The molecule has 1 heterocycles. The topological polar surface area (TPSA) is 33.2 Å². The second-order valence-electron chi connectivity index (χ2n) is 3.74. The molecule has 0 N–H and O–H groups in total. The molecule has 3 heteroatoms. The van der Waals surface area contributed by atoms with E-state index in [9.17, 15) is 4.79 Å². The third-order valence-corrected chi connectivity index (χ3v) is 2.47. The number of carbonyl (C=O) groups is 1. The van der Waals surface area contributed by atoms with E-state index in [1.54, 1.807) is 13.1 Å². The number of aromatic nitrogens is 1. The van der Waals surface area contributed by atoms with Crippen molar-refractivity contribution in [3.05, 3.63) is 30.1 Å². The van der Waals surface area contributed by atoms with Crippen LogP contribution in [0.5, 0.6) is 0 Å². The second kappa shape index (κ2) is 3.78. The molecule has 74 valence electrons. The molecule has 1 aliphatic carbocycles. The summed E-state index contributed by atoms with van der Waals surface area (Å²) in [6.07, 6.45) is 5.87. The van der Waals surface area contributed by atoms with Gasteiger partial charge in [0, 0.05) is 31.9 Å². The van der Waals surface area contributed by atoms with E-state index in [0.717, 1.165) is 18.4 Å². The van der Waals surface area contributed by atoms with Crippen LogP contribution in [0.15, 0.2) is 24.5 Å². The Labute approximate surface area is 83.8 Å². The van der Waals surface area contributed by atoms with E-state index in [-0.39, 0.29) is 5.91 Å². The van der Waals surface area contributed by atoms with Gasteiger partial charge in [0.1, 0.15) is 0 Å². The van der Waals surface area contributed by atoms with Crippen molar-refractivity contribution >= 4 is 5.91 Å². The average molecular weight is 190 g/mol. The normalized spacial score (nSPS) is 15.2. The van der Waals surface area contributed by atoms with E-state index in [2.05, 4.69) is 4.98 Å². The van der Waals surface area contributed by atoms with E-state index >= 15 is 0 Å². The highest BCUT2D eigenvalue weighted by atomic mass is 16.2. The van der Waals surface area contributed by atoms with Gasteiger partial charge in [-0.15, -0.1) is 0 Å². The molecule has 1 amide bonds. The van der Waals surface area contributed by atoms with Gasteiger partial charge in [-0.25, -0.2) is 0 Å². The second-order valence-corrected chi connectivity index (χ2v) is 3.74. The predicted molar refractivity (Wildman–Crippen MR) is 53.5 cm³/mol. The molecule has 2 rings (SSSR count). The Morgan fingerprint density at radius 1 is 1.64 bits per heavy atom. The van der Waals surface area contributed by atoms with Gasteiger partial charge in [0.2, 0.25) is 5.91 Å². The molecule has 1 aromatic rings. The van der Waals surface area contributed by atoms with Crippen molar-refractivity contribution in [1.29, 1.82) is 0 Å². The third kappa shape index (κ3) is 2.10. The smallest absolute Gasteiger partial charge is 0.219 e. The number of hydrogen-bond donors (Lipinski definition) is 0. The van der Waals surface area contributed by atoms with Gasteiger partial charge in [-0.1, -0.05) is 6.07 Å². The van der Waals surface area contributed by atoms with Crippen LogP contribution in [0.4, 0.5) is 0 Å². The standard InChI is InChI=1S/C11H14N2O/c1-9(14)13(11-4-5-11)8-10-3-2-6-12-7-10/h2-3,6-7,11H,4-5,8H2,1H3. The Bertz CT molecular complexity index is 319. The molecule has 0 spiro atoms. The van der Waals surface area contributed by atoms with Gasteiger partial charge in [-0.2, -0.15) is 0 Å². The first-order valence-corrected chi connectivity index (χ1v) is 4.93. The predicted octanol–water partition coefficient (Wildman–Crippen LogP) is 1.59. The number of pyridine rings is 1. The highest BCUT2D eigenvalue weighted by molar-refractivity contribution is 5.74. The molecule has 0 aliphatic heterocycles. The van der Waals surface area contributed by atoms with Crippen molar-refractivity contribution in [3.8, 4) is 0 Å². The molecule has 0 bridgehead atoms. The summed E-state index contributed by atoms with van der Waals surface area (Å²) in [4.78, 5) is 17.3. The maximum atomic E-state index is 11.3. The zero-order chi connectivity index (χ0) is 9.97. The van der Waals surface area contributed by atoms with Gasteiger partial charge in [0.25, 0.3) is 0 Å². The van der Waals surface area contributed by atoms with Gasteiger partial charge in [0.05, 0.1) is 0 Å². The quantitative estimate of drug-likeness (QED) is 0.725. The summed E-state index contributed by atoms with van der Waals surface area (Å²) >= 11 is 0. The fraction of sp³-hybridized carbons (Fsp3) is 0.455. The molecule has 3 nitrogen and oxygen atoms in total. The summed E-state index contributed by atoms with van der Waals surface area (Å²) in [6, 6.07) is 4.39. The van der Waals surface area contributed by atoms with Crippen molar-refractivity contribution in [2.75, 3.05) is 0 Å². The lowest BCUT2D eigenvalue weighted by atomic mass is 10.2. The third-order valence-electron chi connectivity index (χ3n) is 2.47. The fourth-order valence-electron chi connectivity index (χ4n) is 1.57. The van der Waals surface area contributed by atoms with E-state index < -0.39 is 0 Å². The van der Waals surface area contributed by atoms with Crippen LogP contribution < -0.4 is 0 Å². The van der Waals surface area contributed by atoms with E-state index in [0.29, 0.717) is 12.6 Å². The van der Waals surface area contributed by atoms with Crippen molar-refractivity contribution in [3.63, 3.8) is 0 Å². The number of nitrogens with zero attached hydrogens (tertiary/aromatic N) is 2. The van der Waals surface area contributed by atoms with Gasteiger partial charge in [0.15, 0.2) is 0 Å². The zero-order valence-corrected chi connectivity index (χ0v) is 8.31. The molecule has 1 aromatic heterocycles. The van der Waals surface area contributed by atoms with Crippen LogP contribution in [-0.4, -0.2) is 21.8 Å². The molecule has 1 fully saturated rings. The summed E-state index contributed by atoms with van der Waals surface area (Å²) in [5.41, 5.74) is 1.11. The van der Waals surface area contributed by atoms with Gasteiger partial charge >= 0.3 is 0 Å². The van der Waals surface area contributed by atoms with Gasteiger partial charge in [-0.3, -0.25) is 9.78 Å². The molecule has 1 aliphatic rings. The minimum Gasteiger partial charge on any atom is -0.336 e. The van der Waals surface area contributed by atoms with Gasteiger partial charge < -0.3 is 4.90 Å². The van der Waals surface area contributed by atoms with Crippen LogP contribution in [0.1, 0.15) is 25.3 Å².